The van der Waals surface area contributed by atoms with Gasteiger partial charge in [-0.05, 0) is 87.7 Å². The quantitative estimate of drug-likeness (QED) is 0.560. The number of nitrogens with one attached hydrogen (secondary N) is 1. The van der Waals surface area contributed by atoms with E-state index in [-0.39, 0.29) is 11.9 Å². The van der Waals surface area contributed by atoms with Gasteiger partial charge in [-0.1, -0.05) is 13.0 Å². The Balaban J connectivity index is 2.44. The highest BCUT2D eigenvalue weighted by Gasteiger charge is 2.20. The van der Waals surface area contributed by atoms with Crippen molar-refractivity contribution in [3.63, 3.8) is 0 Å². The molecule has 5 heteroatoms. The zero-order chi connectivity index (χ0) is 14.7. The molecular formula is C15H16BrFINS. The van der Waals surface area contributed by atoms with Crippen LogP contribution in [-0.2, 0) is 0 Å². The van der Waals surface area contributed by atoms with Gasteiger partial charge < -0.3 is 5.32 Å². The van der Waals surface area contributed by atoms with Crippen LogP contribution in [0.15, 0.2) is 28.1 Å². The second-order valence-corrected chi connectivity index (χ2v) is 8.41. The molecule has 0 saturated carbocycles. The molecule has 1 unspecified atom stereocenters. The molecule has 0 aliphatic carbocycles. The number of hydrogen-bond donors (Lipinski definition) is 1. The molecule has 2 aromatic rings. The second-order valence-electron chi connectivity index (χ2n) is 4.62. The third kappa shape index (κ3) is 3.81. The van der Waals surface area contributed by atoms with Crippen LogP contribution in [0.5, 0.6) is 0 Å². The minimum Gasteiger partial charge on any atom is -0.306 e. The standard InChI is InChI=1S/C15H16BrFINS/c1-3-6-19-15(12-8-14(16)20-9(12)2)11-5-4-10(17)7-13(11)18/h4-5,7-8,15,19H,3,6H2,1-2H3. The van der Waals surface area contributed by atoms with Gasteiger partial charge in [0.1, 0.15) is 5.82 Å². The predicted molar refractivity (Wildman–Crippen MR) is 96.0 cm³/mol. The number of aryl methyl sites for hydroxylation is 1. The summed E-state index contributed by atoms with van der Waals surface area (Å²) in [6, 6.07) is 7.29. The van der Waals surface area contributed by atoms with Crippen molar-refractivity contribution in [2.75, 3.05) is 6.54 Å². The van der Waals surface area contributed by atoms with Crippen LogP contribution >= 0.6 is 49.9 Å². The van der Waals surface area contributed by atoms with Crippen LogP contribution < -0.4 is 5.32 Å². The molecule has 1 aromatic heterocycles. The third-order valence-corrected chi connectivity index (χ3v) is 5.61. The maximum Gasteiger partial charge on any atom is 0.124 e. The van der Waals surface area contributed by atoms with Gasteiger partial charge in [-0.2, -0.15) is 0 Å². The summed E-state index contributed by atoms with van der Waals surface area (Å²) < 4.78 is 15.4. The summed E-state index contributed by atoms with van der Waals surface area (Å²) >= 11 is 7.50. The van der Waals surface area contributed by atoms with Crippen molar-refractivity contribution >= 4 is 49.9 Å². The maximum absolute atomic E-state index is 13.3. The Morgan fingerprint density at radius 2 is 2.10 bits per heavy atom. The molecule has 0 aliphatic heterocycles. The summed E-state index contributed by atoms with van der Waals surface area (Å²) in [5.74, 6) is -0.185. The van der Waals surface area contributed by atoms with Crippen LogP contribution in [0, 0.1) is 16.3 Å². The lowest BCUT2D eigenvalue weighted by Crippen LogP contribution is -2.24. The average Bonchev–Trinajstić information content (AvgIpc) is 2.71. The van der Waals surface area contributed by atoms with E-state index < -0.39 is 0 Å². The molecule has 0 amide bonds. The average molecular weight is 468 g/mol. The Morgan fingerprint density at radius 3 is 2.65 bits per heavy atom. The van der Waals surface area contributed by atoms with E-state index in [2.05, 4.69) is 63.8 Å². The highest BCUT2D eigenvalue weighted by atomic mass is 127. The van der Waals surface area contributed by atoms with Crippen molar-refractivity contribution in [2.45, 2.75) is 26.3 Å². The monoisotopic (exact) mass is 467 g/mol. The van der Waals surface area contributed by atoms with E-state index in [1.165, 1.54) is 16.5 Å². The lowest BCUT2D eigenvalue weighted by molar-refractivity contribution is 0.590. The van der Waals surface area contributed by atoms with Gasteiger partial charge in [0.15, 0.2) is 0 Å². The highest BCUT2D eigenvalue weighted by Crippen LogP contribution is 2.35. The van der Waals surface area contributed by atoms with Crippen LogP contribution in [0.4, 0.5) is 4.39 Å². The van der Waals surface area contributed by atoms with E-state index in [0.717, 1.165) is 25.9 Å². The lowest BCUT2D eigenvalue weighted by atomic mass is 9.99. The molecule has 1 N–H and O–H groups in total. The maximum atomic E-state index is 13.3. The third-order valence-electron chi connectivity index (χ3n) is 3.11. The van der Waals surface area contributed by atoms with E-state index in [0.29, 0.717) is 0 Å². The van der Waals surface area contributed by atoms with E-state index in [9.17, 15) is 4.39 Å². The van der Waals surface area contributed by atoms with Crippen molar-refractivity contribution < 1.29 is 4.39 Å². The Labute approximate surface area is 145 Å². The molecule has 0 bridgehead atoms. The van der Waals surface area contributed by atoms with Crippen LogP contribution in [0.2, 0.25) is 0 Å². The van der Waals surface area contributed by atoms with E-state index >= 15 is 0 Å². The SMILES string of the molecule is CCCNC(c1ccc(F)cc1I)c1cc(Br)sc1C. The first-order valence-corrected chi connectivity index (χ1v) is 9.16. The number of rotatable bonds is 5. The molecular weight excluding hydrogens is 452 g/mol. The van der Waals surface area contributed by atoms with Gasteiger partial charge in [-0.25, -0.2) is 4.39 Å². The summed E-state index contributed by atoms with van der Waals surface area (Å²) in [6.45, 7) is 5.21. The van der Waals surface area contributed by atoms with Gasteiger partial charge in [0.25, 0.3) is 0 Å². The molecule has 20 heavy (non-hydrogen) atoms. The number of halogens is 3. The first-order valence-electron chi connectivity index (χ1n) is 6.47. The minimum atomic E-state index is -0.185. The van der Waals surface area contributed by atoms with Crippen molar-refractivity contribution in [1.82, 2.24) is 5.32 Å². The lowest BCUT2D eigenvalue weighted by Gasteiger charge is -2.20. The predicted octanol–water partition coefficient (Wildman–Crippen LogP) is 5.65. The van der Waals surface area contributed by atoms with Gasteiger partial charge in [0, 0.05) is 8.45 Å². The first kappa shape index (κ1) is 16.4. The first-order chi connectivity index (χ1) is 9.52. The molecule has 2 rings (SSSR count). The molecule has 108 valence electrons. The van der Waals surface area contributed by atoms with Crippen LogP contribution in [0.1, 0.15) is 35.4 Å². The van der Waals surface area contributed by atoms with Crippen LogP contribution in [0.25, 0.3) is 0 Å². The number of hydrogen-bond acceptors (Lipinski definition) is 2. The zero-order valence-corrected chi connectivity index (χ0v) is 15.9. The fraction of sp³-hybridized carbons (Fsp3) is 0.333. The summed E-state index contributed by atoms with van der Waals surface area (Å²) in [5, 5.41) is 3.58. The summed E-state index contributed by atoms with van der Waals surface area (Å²) in [5.41, 5.74) is 2.40. The molecule has 1 heterocycles. The normalized spacial score (nSPS) is 12.7. The Kier molecular flexibility index (Phi) is 6.01. The molecule has 0 aliphatic rings. The Hall–Kier alpha value is 0.0200. The zero-order valence-electron chi connectivity index (χ0n) is 11.3. The number of thiophene rings is 1. The molecule has 0 radical (unpaired) electrons. The molecule has 0 saturated heterocycles. The summed E-state index contributed by atoms with van der Waals surface area (Å²) in [4.78, 5) is 1.28. The minimum absolute atomic E-state index is 0.116. The van der Waals surface area contributed by atoms with Crippen molar-refractivity contribution in [2.24, 2.45) is 0 Å². The highest BCUT2D eigenvalue weighted by molar-refractivity contribution is 14.1. The van der Waals surface area contributed by atoms with Crippen molar-refractivity contribution in [1.29, 1.82) is 0 Å². The van der Waals surface area contributed by atoms with Crippen molar-refractivity contribution in [3.8, 4) is 0 Å². The largest absolute Gasteiger partial charge is 0.306 e. The van der Waals surface area contributed by atoms with Gasteiger partial charge in [-0.3, -0.25) is 0 Å². The van der Waals surface area contributed by atoms with Gasteiger partial charge in [0.05, 0.1) is 9.83 Å². The van der Waals surface area contributed by atoms with Gasteiger partial charge in [-0.15, -0.1) is 11.3 Å². The van der Waals surface area contributed by atoms with Crippen LogP contribution in [0.3, 0.4) is 0 Å². The smallest absolute Gasteiger partial charge is 0.124 e. The molecule has 1 nitrogen and oxygen atoms in total. The van der Waals surface area contributed by atoms with E-state index in [1.807, 2.05) is 6.07 Å². The molecule has 1 aromatic carbocycles. The second kappa shape index (κ2) is 7.33. The van der Waals surface area contributed by atoms with Crippen molar-refractivity contribution in [3.05, 3.63) is 53.4 Å². The molecule has 0 fully saturated rings. The summed E-state index contributed by atoms with van der Waals surface area (Å²) in [7, 11) is 0. The Morgan fingerprint density at radius 1 is 1.35 bits per heavy atom. The number of benzene rings is 1. The van der Waals surface area contributed by atoms with E-state index in [4.69, 9.17) is 0 Å². The van der Waals surface area contributed by atoms with Crippen LogP contribution in [-0.4, -0.2) is 6.54 Å². The van der Waals surface area contributed by atoms with Gasteiger partial charge >= 0.3 is 0 Å². The van der Waals surface area contributed by atoms with Gasteiger partial charge in [0.2, 0.25) is 0 Å². The fourth-order valence-electron chi connectivity index (χ4n) is 2.16. The Bertz CT molecular complexity index is 600. The molecule has 0 spiro atoms. The topological polar surface area (TPSA) is 12.0 Å². The fourth-order valence-corrected chi connectivity index (χ4v) is 4.69. The van der Waals surface area contributed by atoms with E-state index in [1.54, 1.807) is 17.4 Å². The molecule has 1 atom stereocenters. The summed E-state index contributed by atoms with van der Waals surface area (Å²) in [6.07, 6.45) is 1.07.